The van der Waals surface area contributed by atoms with E-state index in [1.807, 2.05) is 0 Å². The molecule has 0 amide bonds. The van der Waals surface area contributed by atoms with Gasteiger partial charge in [0.15, 0.2) is 0 Å². The molecule has 0 radical (unpaired) electrons. The van der Waals surface area contributed by atoms with E-state index in [9.17, 15) is 0 Å². The molecule has 0 unspecified atom stereocenters. The van der Waals surface area contributed by atoms with E-state index in [0.29, 0.717) is 0 Å². The molecule has 1 aliphatic carbocycles. The SMILES string of the molecule is CC1(C)c2ccccc2-c2c(N(c3ccc(-c4cccc5c4c4ccccc4n5-c4ccccc4)cc3)c3ccc(-c4ccccc4)cc3-c3ccccc3)cccc21. The highest BCUT2D eigenvalue weighted by atomic mass is 15.1. The molecule has 9 aromatic carbocycles. The van der Waals surface area contributed by atoms with Gasteiger partial charge in [-0.15, -0.1) is 0 Å². The van der Waals surface area contributed by atoms with Crippen LogP contribution in [0.1, 0.15) is 25.0 Å². The summed E-state index contributed by atoms with van der Waals surface area (Å²) < 4.78 is 2.39. The Hall–Kier alpha value is -7.42. The quantitative estimate of drug-likeness (QED) is 0.157. The van der Waals surface area contributed by atoms with Crippen LogP contribution in [0.15, 0.2) is 218 Å². The number of hydrogen-bond donors (Lipinski definition) is 0. The van der Waals surface area contributed by atoms with Crippen LogP contribution >= 0.6 is 0 Å². The van der Waals surface area contributed by atoms with Crippen molar-refractivity contribution in [3.05, 3.63) is 230 Å². The van der Waals surface area contributed by atoms with Gasteiger partial charge in [-0.05, 0) is 99.1 Å². The zero-order valence-electron chi connectivity index (χ0n) is 33.2. The number of anilines is 3. The molecule has 280 valence electrons. The van der Waals surface area contributed by atoms with Crippen molar-refractivity contribution in [1.82, 2.24) is 4.57 Å². The van der Waals surface area contributed by atoms with E-state index in [1.165, 1.54) is 83.1 Å². The van der Waals surface area contributed by atoms with Gasteiger partial charge in [0.2, 0.25) is 0 Å². The van der Waals surface area contributed by atoms with Crippen LogP contribution in [0.5, 0.6) is 0 Å². The standard InChI is InChI=1S/C57H42N2/c1-57(2)49-27-14-12-24-46(49)56-50(57)28-17-31-54(56)59(52-37-34-42(39-18-6-3-7-19-39)38-48(52)40-20-8-4-9-21-40)44-35-32-41(33-36-44)45-26-16-30-53-55(45)47-25-13-15-29-51(47)58(53)43-22-10-5-11-23-43/h3-38H,1-2H3. The molecule has 0 atom stereocenters. The molecule has 1 heterocycles. The van der Waals surface area contributed by atoms with Crippen molar-refractivity contribution in [2.24, 2.45) is 0 Å². The Morgan fingerprint density at radius 1 is 0.390 bits per heavy atom. The van der Waals surface area contributed by atoms with Gasteiger partial charge in [-0.3, -0.25) is 0 Å². The first kappa shape index (κ1) is 34.8. The molecule has 0 N–H and O–H groups in total. The lowest BCUT2D eigenvalue weighted by Crippen LogP contribution is -2.16. The number of nitrogens with zero attached hydrogens (tertiary/aromatic N) is 2. The third-order valence-corrected chi connectivity index (χ3v) is 12.4. The van der Waals surface area contributed by atoms with Gasteiger partial charge >= 0.3 is 0 Å². The van der Waals surface area contributed by atoms with Gasteiger partial charge in [-0.2, -0.15) is 0 Å². The van der Waals surface area contributed by atoms with Crippen LogP contribution in [0.25, 0.3) is 72.0 Å². The predicted octanol–water partition coefficient (Wildman–Crippen LogP) is 15.6. The smallest absolute Gasteiger partial charge is 0.0547 e. The molecule has 0 saturated carbocycles. The highest BCUT2D eigenvalue weighted by molar-refractivity contribution is 6.16. The van der Waals surface area contributed by atoms with Crippen molar-refractivity contribution < 1.29 is 0 Å². The zero-order valence-corrected chi connectivity index (χ0v) is 33.2. The van der Waals surface area contributed by atoms with Crippen molar-refractivity contribution in [1.29, 1.82) is 0 Å². The molecular formula is C57H42N2. The predicted molar refractivity (Wildman–Crippen MR) is 249 cm³/mol. The van der Waals surface area contributed by atoms with Crippen molar-refractivity contribution >= 4 is 38.9 Å². The van der Waals surface area contributed by atoms with Crippen LogP contribution < -0.4 is 4.90 Å². The number of hydrogen-bond acceptors (Lipinski definition) is 1. The van der Waals surface area contributed by atoms with E-state index < -0.39 is 0 Å². The molecule has 0 saturated heterocycles. The largest absolute Gasteiger partial charge is 0.309 e. The molecule has 59 heavy (non-hydrogen) atoms. The molecule has 1 aromatic heterocycles. The second-order valence-corrected chi connectivity index (χ2v) is 16.1. The first-order chi connectivity index (χ1) is 29.1. The monoisotopic (exact) mass is 754 g/mol. The summed E-state index contributed by atoms with van der Waals surface area (Å²) in [5.41, 5.74) is 19.3. The van der Waals surface area contributed by atoms with Crippen LogP contribution in [0, 0.1) is 0 Å². The summed E-state index contributed by atoms with van der Waals surface area (Å²) >= 11 is 0. The molecule has 1 aliphatic rings. The number of benzene rings is 9. The zero-order chi connectivity index (χ0) is 39.5. The van der Waals surface area contributed by atoms with Gasteiger partial charge in [-0.1, -0.05) is 178 Å². The fraction of sp³-hybridized carbons (Fsp3) is 0.0526. The topological polar surface area (TPSA) is 8.17 Å². The molecule has 0 bridgehead atoms. The Balaban J connectivity index is 1.14. The van der Waals surface area contributed by atoms with Gasteiger partial charge in [0, 0.05) is 38.7 Å². The highest BCUT2D eigenvalue weighted by Crippen LogP contribution is 2.55. The van der Waals surface area contributed by atoms with Crippen LogP contribution in [-0.4, -0.2) is 4.57 Å². The van der Waals surface area contributed by atoms with Crippen molar-refractivity contribution in [2.45, 2.75) is 19.3 Å². The Kier molecular flexibility index (Phi) is 8.20. The number of fused-ring (bicyclic) bond motifs is 6. The lowest BCUT2D eigenvalue weighted by atomic mass is 9.82. The first-order valence-corrected chi connectivity index (χ1v) is 20.5. The Morgan fingerprint density at radius 2 is 0.966 bits per heavy atom. The minimum atomic E-state index is -0.130. The van der Waals surface area contributed by atoms with E-state index >= 15 is 0 Å². The Morgan fingerprint density at radius 3 is 1.75 bits per heavy atom. The summed E-state index contributed by atoms with van der Waals surface area (Å²) in [6, 6.07) is 79.8. The van der Waals surface area contributed by atoms with Crippen LogP contribution in [0.4, 0.5) is 17.1 Å². The third-order valence-electron chi connectivity index (χ3n) is 12.4. The number of rotatable bonds is 7. The first-order valence-electron chi connectivity index (χ1n) is 20.5. The molecule has 0 fully saturated rings. The highest BCUT2D eigenvalue weighted by Gasteiger charge is 2.38. The second kappa shape index (κ2) is 13.9. The molecule has 0 spiro atoms. The molecule has 2 heteroatoms. The molecule has 10 aromatic rings. The Bertz CT molecular complexity index is 3160. The van der Waals surface area contributed by atoms with Crippen molar-refractivity contribution in [3.8, 4) is 50.2 Å². The van der Waals surface area contributed by atoms with E-state index in [1.54, 1.807) is 0 Å². The maximum atomic E-state index is 2.50. The minimum Gasteiger partial charge on any atom is -0.309 e. The summed E-state index contributed by atoms with van der Waals surface area (Å²) in [7, 11) is 0. The molecule has 2 nitrogen and oxygen atoms in total. The lowest BCUT2D eigenvalue weighted by Gasteiger charge is -2.31. The summed E-state index contributed by atoms with van der Waals surface area (Å²) in [5, 5.41) is 2.51. The van der Waals surface area contributed by atoms with Crippen LogP contribution in [0.3, 0.4) is 0 Å². The van der Waals surface area contributed by atoms with Crippen LogP contribution in [0.2, 0.25) is 0 Å². The number of aromatic nitrogens is 1. The lowest BCUT2D eigenvalue weighted by molar-refractivity contribution is 0.660. The van der Waals surface area contributed by atoms with Crippen molar-refractivity contribution in [3.63, 3.8) is 0 Å². The summed E-state index contributed by atoms with van der Waals surface area (Å²) in [4.78, 5) is 2.50. The van der Waals surface area contributed by atoms with Gasteiger partial charge in [0.25, 0.3) is 0 Å². The number of para-hydroxylation sites is 2. The summed E-state index contributed by atoms with van der Waals surface area (Å²) in [6.45, 7) is 4.72. The van der Waals surface area contributed by atoms with E-state index in [4.69, 9.17) is 0 Å². The average molecular weight is 755 g/mol. The van der Waals surface area contributed by atoms with E-state index in [2.05, 4.69) is 242 Å². The summed E-state index contributed by atoms with van der Waals surface area (Å²) in [6.07, 6.45) is 0. The fourth-order valence-corrected chi connectivity index (χ4v) is 9.62. The molecule has 0 aliphatic heterocycles. The minimum absolute atomic E-state index is 0.130. The van der Waals surface area contributed by atoms with Gasteiger partial charge < -0.3 is 9.47 Å². The van der Waals surface area contributed by atoms with E-state index in [-0.39, 0.29) is 5.41 Å². The van der Waals surface area contributed by atoms with Gasteiger partial charge in [-0.25, -0.2) is 0 Å². The normalized spacial score (nSPS) is 12.7. The van der Waals surface area contributed by atoms with Gasteiger partial charge in [0.05, 0.1) is 22.4 Å². The third kappa shape index (κ3) is 5.63. The fourth-order valence-electron chi connectivity index (χ4n) is 9.62. The summed E-state index contributed by atoms with van der Waals surface area (Å²) in [5.74, 6) is 0. The average Bonchev–Trinajstić information content (AvgIpc) is 3.76. The maximum absolute atomic E-state index is 2.50. The molecule has 11 rings (SSSR count). The maximum Gasteiger partial charge on any atom is 0.0547 e. The second-order valence-electron chi connectivity index (χ2n) is 16.1. The van der Waals surface area contributed by atoms with Crippen LogP contribution in [-0.2, 0) is 5.41 Å². The van der Waals surface area contributed by atoms with Crippen molar-refractivity contribution in [2.75, 3.05) is 4.90 Å². The van der Waals surface area contributed by atoms with E-state index in [0.717, 1.165) is 17.1 Å². The Labute approximate surface area is 345 Å². The van der Waals surface area contributed by atoms with Gasteiger partial charge in [0.1, 0.15) is 0 Å². The molecular weight excluding hydrogens is 713 g/mol.